The van der Waals surface area contributed by atoms with Gasteiger partial charge in [0.25, 0.3) is 0 Å². The number of anilines is 1. The summed E-state index contributed by atoms with van der Waals surface area (Å²) in [6.07, 6.45) is 10.2. The number of allylic oxidation sites excluding steroid dienone is 2. The SMILES string of the molecule is O=C(CN1CCN(c2ccccc2OC2CCCC2)CC1)Cn1c(O)c2c(c1O)CC=CC2. The van der Waals surface area contributed by atoms with Gasteiger partial charge in [0.1, 0.15) is 5.75 Å². The quantitative estimate of drug-likeness (QED) is 0.629. The maximum Gasteiger partial charge on any atom is 0.198 e. The summed E-state index contributed by atoms with van der Waals surface area (Å²) in [5.74, 6) is 0.984. The highest BCUT2D eigenvalue weighted by atomic mass is 16.5. The van der Waals surface area contributed by atoms with Crippen LogP contribution < -0.4 is 9.64 Å². The Bertz CT molecular complexity index is 999. The fourth-order valence-electron chi connectivity index (χ4n) is 5.30. The third-order valence-corrected chi connectivity index (χ3v) is 7.13. The van der Waals surface area contributed by atoms with Gasteiger partial charge in [-0.2, -0.15) is 0 Å². The number of hydrogen-bond acceptors (Lipinski definition) is 6. The summed E-state index contributed by atoms with van der Waals surface area (Å²) in [5.41, 5.74) is 2.60. The number of piperazine rings is 1. The number of ether oxygens (including phenoxy) is 1. The Balaban J connectivity index is 1.17. The summed E-state index contributed by atoms with van der Waals surface area (Å²) in [7, 11) is 0. The van der Waals surface area contributed by atoms with Crippen LogP contribution in [-0.4, -0.2) is 64.3 Å². The number of carbonyl (C=O) groups excluding carboxylic acids is 1. The molecule has 5 rings (SSSR count). The minimum Gasteiger partial charge on any atom is -0.494 e. The van der Waals surface area contributed by atoms with Crippen molar-refractivity contribution < 1.29 is 19.7 Å². The summed E-state index contributed by atoms with van der Waals surface area (Å²) in [6, 6.07) is 8.27. The van der Waals surface area contributed by atoms with Crippen LogP contribution in [0.25, 0.3) is 0 Å². The third kappa shape index (κ3) is 4.60. The third-order valence-electron chi connectivity index (χ3n) is 7.13. The van der Waals surface area contributed by atoms with Crippen LogP contribution in [0.1, 0.15) is 36.8 Å². The van der Waals surface area contributed by atoms with Crippen molar-refractivity contribution in [2.24, 2.45) is 0 Å². The first-order valence-electron chi connectivity index (χ1n) is 12.1. The molecule has 1 aromatic heterocycles. The van der Waals surface area contributed by atoms with Gasteiger partial charge in [-0.25, -0.2) is 0 Å². The zero-order valence-electron chi connectivity index (χ0n) is 19.1. The van der Waals surface area contributed by atoms with E-state index in [1.54, 1.807) is 0 Å². The number of aromatic hydroxyl groups is 2. The Hall–Kier alpha value is -2.93. The van der Waals surface area contributed by atoms with Crippen molar-refractivity contribution in [1.82, 2.24) is 9.47 Å². The minimum atomic E-state index is -0.0145. The van der Waals surface area contributed by atoms with E-state index in [0.717, 1.165) is 61.6 Å². The van der Waals surface area contributed by atoms with E-state index in [2.05, 4.69) is 28.0 Å². The van der Waals surface area contributed by atoms with Gasteiger partial charge >= 0.3 is 0 Å². The van der Waals surface area contributed by atoms with Crippen molar-refractivity contribution in [3.8, 4) is 17.5 Å². The zero-order valence-corrected chi connectivity index (χ0v) is 19.1. The number of benzene rings is 1. The largest absolute Gasteiger partial charge is 0.494 e. The smallest absolute Gasteiger partial charge is 0.198 e. The van der Waals surface area contributed by atoms with Gasteiger partial charge in [-0.3, -0.25) is 14.3 Å². The Morgan fingerprint density at radius 1 is 0.909 bits per heavy atom. The first-order valence-corrected chi connectivity index (χ1v) is 12.1. The molecule has 1 aromatic carbocycles. The molecule has 2 aliphatic carbocycles. The molecule has 0 unspecified atom stereocenters. The van der Waals surface area contributed by atoms with Crippen LogP contribution in [-0.2, 0) is 24.2 Å². The van der Waals surface area contributed by atoms with Crippen molar-refractivity contribution in [1.29, 1.82) is 0 Å². The molecule has 7 heteroatoms. The summed E-state index contributed by atoms with van der Waals surface area (Å²) in [5, 5.41) is 21.0. The summed E-state index contributed by atoms with van der Waals surface area (Å²) in [4.78, 5) is 17.3. The van der Waals surface area contributed by atoms with E-state index < -0.39 is 0 Å². The van der Waals surface area contributed by atoms with Gasteiger partial charge in [0.15, 0.2) is 17.5 Å². The molecule has 2 heterocycles. The van der Waals surface area contributed by atoms with E-state index in [4.69, 9.17) is 4.74 Å². The molecule has 0 atom stereocenters. The molecule has 2 N–H and O–H groups in total. The monoisotopic (exact) mass is 451 g/mol. The fourth-order valence-corrected chi connectivity index (χ4v) is 5.30. The fraction of sp³-hybridized carbons (Fsp3) is 0.500. The number of ketones is 1. The summed E-state index contributed by atoms with van der Waals surface area (Å²) in [6.45, 7) is 3.54. The highest BCUT2D eigenvalue weighted by Crippen LogP contribution is 2.37. The van der Waals surface area contributed by atoms with Crippen molar-refractivity contribution in [3.05, 3.63) is 47.5 Å². The first kappa shape index (κ1) is 21.9. The Morgan fingerprint density at radius 3 is 2.21 bits per heavy atom. The lowest BCUT2D eigenvalue weighted by molar-refractivity contribution is -0.121. The topological polar surface area (TPSA) is 78.2 Å². The molecule has 176 valence electrons. The normalized spacial score (nSPS) is 19.1. The minimum absolute atomic E-state index is 0.0110. The zero-order chi connectivity index (χ0) is 22.8. The van der Waals surface area contributed by atoms with Crippen LogP contribution in [0.15, 0.2) is 36.4 Å². The second-order valence-corrected chi connectivity index (χ2v) is 9.36. The number of aromatic nitrogens is 1. The van der Waals surface area contributed by atoms with Gasteiger partial charge in [-0.1, -0.05) is 24.3 Å². The molecule has 3 aliphatic rings. The lowest BCUT2D eigenvalue weighted by Gasteiger charge is -2.36. The Morgan fingerprint density at radius 2 is 1.55 bits per heavy atom. The van der Waals surface area contributed by atoms with Crippen LogP contribution in [0, 0.1) is 0 Å². The standard InChI is InChI=1S/C26H33N3O4/c30-19(18-29-25(31)21-9-3-4-10-22(21)26(29)32)17-27-13-15-28(16-14-27)23-11-5-6-12-24(23)33-20-7-1-2-8-20/h3-6,11-12,20,31-32H,1-2,7-10,13-18H2. The number of carbonyl (C=O) groups is 1. The number of fused-ring (bicyclic) bond motifs is 1. The number of hydrogen-bond donors (Lipinski definition) is 2. The molecular formula is C26H33N3O4. The molecule has 0 amide bonds. The molecule has 0 radical (unpaired) electrons. The van der Waals surface area contributed by atoms with Gasteiger partial charge < -0.3 is 19.8 Å². The molecule has 1 saturated carbocycles. The van der Waals surface area contributed by atoms with Crippen molar-refractivity contribution in [3.63, 3.8) is 0 Å². The van der Waals surface area contributed by atoms with Gasteiger partial charge in [0, 0.05) is 37.3 Å². The summed E-state index contributed by atoms with van der Waals surface area (Å²) < 4.78 is 7.66. The van der Waals surface area contributed by atoms with Crippen LogP contribution in [0.5, 0.6) is 17.5 Å². The average Bonchev–Trinajstić information content (AvgIpc) is 3.43. The van der Waals surface area contributed by atoms with E-state index >= 15 is 0 Å². The van der Waals surface area contributed by atoms with Crippen LogP contribution in [0.4, 0.5) is 5.69 Å². The molecule has 1 saturated heterocycles. The molecule has 7 nitrogen and oxygen atoms in total. The highest BCUT2D eigenvalue weighted by molar-refractivity contribution is 5.81. The molecule has 2 aromatic rings. The molecule has 33 heavy (non-hydrogen) atoms. The Labute approximate surface area is 194 Å². The van der Waals surface area contributed by atoms with E-state index in [1.807, 2.05) is 18.2 Å². The second-order valence-electron chi connectivity index (χ2n) is 9.36. The van der Waals surface area contributed by atoms with Gasteiger partial charge in [-0.05, 0) is 50.7 Å². The molecule has 2 fully saturated rings. The van der Waals surface area contributed by atoms with Gasteiger partial charge in [0.2, 0.25) is 0 Å². The van der Waals surface area contributed by atoms with E-state index in [0.29, 0.717) is 25.5 Å². The predicted octanol–water partition coefficient (Wildman–Crippen LogP) is 3.27. The summed E-state index contributed by atoms with van der Waals surface area (Å²) >= 11 is 0. The molecular weight excluding hydrogens is 418 g/mol. The van der Waals surface area contributed by atoms with Gasteiger partial charge in [-0.15, -0.1) is 0 Å². The van der Waals surface area contributed by atoms with Gasteiger partial charge in [0.05, 0.1) is 24.9 Å². The number of nitrogens with zero attached hydrogens (tertiary/aromatic N) is 3. The maximum atomic E-state index is 12.8. The van der Waals surface area contributed by atoms with Crippen LogP contribution in [0.2, 0.25) is 0 Å². The van der Waals surface area contributed by atoms with Crippen molar-refractivity contribution in [2.45, 2.75) is 51.2 Å². The number of para-hydroxylation sites is 2. The molecule has 0 bridgehead atoms. The lowest BCUT2D eigenvalue weighted by atomic mass is 10.0. The maximum absolute atomic E-state index is 12.8. The molecule has 0 spiro atoms. The molecule has 1 aliphatic heterocycles. The second kappa shape index (κ2) is 9.51. The number of rotatable bonds is 7. The van der Waals surface area contributed by atoms with Crippen LogP contribution in [0.3, 0.4) is 0 Å². The first-order chi connectivity index (χ1) is 16.1. The van der Waals surface area contributed by atoms with E-state index in [-0.39, 0.29) is 24.1 Å². The highest BCUT2D eigenvalue weighted by Gasteiger charge is 2.26. The lowest BCUT2D eigenvalue weighted by Crippen LogP contribution is -2.48. The van der Waals surface area contributed by atoms with Crippen LogP contribution >= 0.6 is 0 Å². The Kier molecular flexibility index (Phi) is 6.31. The van der Waals surface area contributed by atoms with E-state index in [1.165, 1.54) is 17.4 Å². The van der Waals surface area contributed by atoms with E-state index in [9.17, 15) is 15.0 Å². The number of Topliss-reactive ketones (excluding diaryl/α,β-unsaturated/α-hetero) is 1. The van der Waals surface area contributed by atoms with Crippen molar-refractivity contribution in [2.75, 3.05) is 37.6 Å². The average molecular weight is 452 g/mol. The van der Waals surface area contributed by atoms with Crippen molar-refractivity contribution >= 4 is 11.5 Å². The predicted molar refractivity (Wildman–Crippen MR) is 127 cm³/mol.